The fourth-order valence-electron chi connectivity index (χ4n) is 0.782. The van der Waals surface area contributed by atoms with Gasteiger partial charge in [-0.15, -0.1) is 0 Å². The quantitative estimate of drug-likeness (QED) is 0.473. The van der Waals surface area contributed by atoms with Crippen molar-refractivity contribution in [2.75, 3.05) is 0 Å². The summed E-state index contributed by atoms with van der Waals surface area (Å²) in [6, 6.07) is 6.31. The molecule has 0 unspecified atom stereocenters. The molecule has 0 atom stereocenters. The van der Waals surface area contributed by atoms with Crippen molar-refractivity contribution in [3.8, 4) is 11.8 Å². The molecule has 4 nitrogen and oxygen atoms in total. The van der Waals surface area contributed by atoms with Crippen molar-refractivity contribution in [3.05, 3.63) is 23.8 Å². The second-order valence-electron chi connectivity index (χ2n) is 2.09. The SMILES string of the molecule is N#Cc1ccc(N=CN)c(O)c1. The van der Waals surface area contributed by atoms with Gasteiger partial charge in [-0.1, -0.05) is 0 Å². The third-order valence-corrected chi connectivity index (χ3v) is 1.32. The van der Waals surface area contributed by atoms with Gasteiger partial charge in [-0.3, -0.25) is 0 Å². The van der Waals surface area contributed by atoms with Crippen LogP contribution in [0, 0.1) is 11.3 Å². The zero-order valence-corrected chi connectivity index (χ0v) is 6.23. The lowest BCUT2D eigenvalue weighted by molar-refractivity contribution is 0.477. The van der Waals surface area contributed by atoms with E-state index < -0.39 is 0 Å². The first-order chi connectivity index (χ1) is 5.77. The van der Waals surface area contributed by atoms with E-state index in [0.29, 0.717) is 11.3 Å². The highest BCUT2D eigenvalue weighted by atomic mass is 16.3. The zero-order valence-electron chi connectivity index (χ0n) is 6.23. The third-order valence-electron chi connectivity index (χ3n) is 1.32. The summed E-state index contributed by atoms with van der Waals surface area (Å²) >= 11 is 0. The number of phenolic OH excluding ortho intramolecular Hbond substituents is 1. The molecular weight excluding hydrogens is 154 g/mol. The Morgan fingerprint density at radius 3 is 2.83 bits per heavy atom. The summed E-state index contributed by atoms with van der Waals surface area (Å²) in [5.41, 5.74) is 5.78. The van der Waals surface area contributed by atoms with Crippen molar-refractivity contribution < 1.29 is 5.11 Å². The van der Waals surface area contributed by atoms with Gasteiger partial charge in [0, 0.05) is 0 Å². The summed E-state index contributed by atoms with van der Waals surface area (Å²) in [5.74, 6) is -0.0456. The molecule has 0 amide bonds. The molecule has 0 aliphatic rings. The first-order valence-electron chi connectivity index (χ1n) is 3.25. The molecule has 1 aromatic carbocycles. The minimum atomic E-state index is -0.0456. The molecule has 0 saturated heterocycles. The van der Waals surface area contributed by atoms with Crippen molar-refractivity contribution in [1.29, 1.82) is 5.26 Å². The minimum Gasteiger partial charge on any atom is -0.506 e. The van der Waals surface area contributed by atoms with Gasteiger partial charge in [0.25, 0.3) is 0 Å². The largest absolute Gasteiger partial charge is 0.506 e. The number of aromatic hydroxyl groups is 1. The minimum absolute atomic E-state index is 0.0456. The number of benzene rings is 1. The Hall–Kier alpha value is -2.02. The summed E-state index contributed by atoms with van der Waals surface area (Å²) in [6.45, 7) is 0. The van der Waals surface area contributed by atoms with Crippen LogP contribution in [-0.2, 0) is 0 Å². The van der Waals surface area contributed by atoms with Crippen molar-refractivity contribution in [2.24, 2.45) is 10.7 Å². The molecular formula is C8H7N3O. The molecule has 0 bridgehead atoms. The van der Waals surface area contributed by atoms with Gasteiger partial charge in [0.15, 0.2) is 0 Å². The molecule has 0 saturated carbocycles. The van der Waals surface area contributed by atoms with E-state index in [0.717, 1.165) is 6.34 Å². The van der Waals surface area contributed by atoms with Crippen LogP contribution in [0.3, 0.4) is 0 Å². The molecule has 0 radical (unpaired) electrons. The molecule has 12 heavy (non-hydrogen) atoms. The highest BCUT2D eigenvalue weighted by Crippen LogP contribution is 2.26. The van der Waals surface area contributed by atoms with Crippen LogP contribution in [0.5, 0.6) is 5.75 Å². The van der Waals surface area contributed by atoms with Crippen LogP contribution in [-0.4, -0.2) is 11.4 Å². The lowest BCUT2D eigenvalue weighted by Crippen LogP contribution is -1.86. The Balaban J connectivity index is 3.14. The maximum Gasteiger partial charge on any atom is 0.142 e. The Morgan fingerprint density at radius 2 is 2.33 bits per heavy atom. The van der Waals surface area contributed by atoms with E-state index in [9.17, 15) is 5.11 Å². The van der Waals surface area contributed by atoms with E-state index in [4.69, 9.17) is 11.0 Å². The van der Waals surface area contributed by atoms with Crippen LogP contribution < -0.4 is 5.73 Å². The fourth-order valence-corrected chi connectivity index (χ4v) is 0.782. The molecule has 0 spiro atoms. The summed E-state index contributed by atoms with van der Waals surface area (Å²) < 4.78 is 0. The van der Waals surface area contributed by atoms with Crippen LogP contribution in [0.25, 0.3) is 0 Å². The Bertz CT molecular complexity index is 352. The monoisotopic (exact) mass is 161 g/mol. The van der Waals surface area contributed by atoms with Gasteiger partial charge in [0.2, 0.25) is 0 Å². The smallest absolute Gasteiger partial charge is 0.142 e. The maximum absolute atomic E-state index is 9.23. The molecule has 3 N–H and O–H groups in total. The van der Waals surface area contributed by atoms with Gasteiger partial charge in [-0.05, 0) is 18.2 Å². The summed E-state index contributed by atoms with van der Waals surface area (Å²) in [7, 11) is 0. The van der Waals surface area contributed by atoms with Crippen molar-refractivity contribution in [2.45, 2.75) is 0 Å². The highest BCUT2D eigenvalue weighted by molar-refractivity contribution is 5.64. The third kappa shape index (κ3) is 1.52. The summed E-state index contributed by atoms with van der Waals surface area (Å²) in [5, 5.41) is 17.7. The number of hydrogen-bond acceptors (Lipinski definition) is 3. The average molecular weight is 161 g/mol. The Morgan fingerprint density at radius 1 is 1.58 bits per heavy atom. The van der Waals surface area contributed by atoms with Crippen molar-refractivity contribution in [1.82, 2.24) is 0 Å². The normalized spacial score (nSPS) is 9.92. The molecule has 0 aromatic heterocycles. The standard InChI is InChI=1S/C8H7N3O/c9-4-6-1-2-7(11-5-10)8(12)3-6/h1-3,5,12H,(H2,10,11). The summed E-state index contributed by atoms with van der Waals surface area (Å²) in [4.78, 5) is 3.67. The second-order valence-corrected chi connectivity index (χ2v) is 2.09. The van der Waals surface area contributed by atoms with Crippen molar-refractivity contribution in [3.63, 3.8) is 0 Å². The van der Waals surface area contributed by atoms with E-state index in [2.05, 4.69) is 4.99 Å². The number of nitriles is 1. The van der Waals surface area contributed by atoms with Gasteiger partial charge in [-0.25, -0.2) is 4.99 Å². The van der Waals surface area contributed by atoms with Crippen LogP contribution in [0.2, 0.25) is 0 Å². The molecule has 0 aliphatic carbocycles. The number of rotatable bonds is 1. The number of phenols is 1. The highest BCUT2D eigenvalue weighted by Gasteiger charge is 1.98. The number of nitrogens with two attached hydrogens (primary N) is 1. The molecule has 4 heteroatoms. The molecule has 1 aromatic rings. The Labute approximate surface area is 69.6 Å². The van der Waals surface area contributed by atoms with Crippen LogP contribution in [0.4, 0.5) is 5.69 Å². The molecule has 60 valence electrons. The maximum atomic E-state index is 9.23. The lowest BCUT2D eigenvalue weighted by Gasteiger charge is -1.96. The predicted molar refractivity (Wildman–Crippen MR) is 45.2 cm³/mol. The van der Waals surface area contributed by atoms with E-state index in [1.807, 2.05) is 6.07 Å². The van der Waals surface area contributed by atoms with E-state index in [1.54, 1.807) is 6.07 Å². The van der Waals surface area contributed by atoms with E-state index in [1.165, 1.54) is 12.1 Å². The average Bonchev–Trinajstić information content (AvgIpc) is 2.09. The second kappa shape index (κ2) is 3.39. The number of nitrogens with zero attached hydrogens (tertiary/aromatic N) is 2. The molecule has 0 fully saturated rings. The van der Waals surface area contributed by atoms with Gasteiger partial charge in [-0.2, -0.15) is 5.26 Å². The topological polar surface area (TPSA) is 82.4 Å². The Kier molecular flexibility index (Phi) is 2.29. The molecule has 1 rings (SSSR count). The van der Waals surface area contributed by atoms with Crippen LogP contribution in [0.1, 0.15) is 5.56 Å². The zero-order chi connectivity index (χ0) is 8.97. The van der Waals surface area contributed by atoms with Crippen LogP contribution >= 0.6 is 0 Å². The fraction of sp³-hybridized carbons (Fsp3) is 0. The summed E-state index contributed by atoms with van der Waals surface area (Å²) in [6.07, 6.45) is 1.08. The van der Waals surface area contributed by atoms with Gasteiger partial charge in [0.1, 0.15) is 11.4 Å². The lowest BCUT2D eigenvalue weighted by atomic mass is 10.2. The molecule has 0 heterocycles. The van der Waals surface area contributed by atoms with Crippen LogP contribution in [0.15, 0.2) is 23.2 Å². The predicted octanol–water partition coefficient (Wildman–Crippen LogP) is 0.882. The van der Waals surface area contributed by atoms with Gasteiger partial charge < -0.3 is 10.8 Å². The first kappa shape index (κ1) is 8.08. The van der Waals surface area contributed by atoms with E-state index >= 15 is 0 Å². The van der Waals surface area contributed by atoms with Gasteiger partial charge in [0.05, 0.1) is 18.0 Å². The van der Waals surface area contributed by atoms with Gasteiger partial charge >= 0.3 is 0 Å². The number of hydrogen-bond donors (Lipinski definition) is 2. The number of aliphatic imine (C=N–C) groups is 1. The first-order valence-corrected chi connectivity index (χ1v) is 3.25. The van der Waals surface area contributed by atoms with Crippen molar-refractivity contribution >= 4 is 12.0 Å². The van der Waals surface area contributed by atoms with E-state index in [-0.39, 0.29) is 5.75 Å². The molecule has 0 aliphatic heterocycles.